The van der Waals surface area contributed by atoms with Crippen LogP contribution in [0.25, 0.3) is 10.9 Å². The van der Waals surface area contributed by atoms with E-state index in [9.17, 15) is 9.18 Å². The van der Waals surface area contributed by atoms with E-state index in [0.29, 0.717) is 41.3 Å². The fourth-order valence-corrected chi connectivity index (χ4v) is 3.42. The molecule has 7 heteroatoms. The quantitative estimate of drug-likeness (QED) is 0.567. The summed E-state index contributed by atoms with van der Waals surface area (Å²) < 4.78 is 24.5. The van der Waals surface area contributed by atoms with E-state index >= 15 is 0 Å². The number of hydrogen-bond acceptors (Lipinski definition) is 4. The molecule has 3 rings (SSSR count). The van der Waals surface area contributed by atoms with Gasteiger partial charge in [-0.15, -0.1) is 0 Å². The predicted octanol–water partition coefficient (Wildman–Crippen LogP) is 3.50. The highest BCUT2D eigenvalue weighted by Gasteiger charge is 2.16. The number of amides is 1. The Kier molecular flexibility index (Phi) is 5.44. The van der Waals surface area contributed by atoms with Crippen molar-refractivity contribution in [2.45, 2.75) is 20.3 Å². The van der Waals surface area contributed by atoms with Crippen LogP contribution in [0.3, 0.4) is 0 Å². The van der Waals surface area contributed by atoms with Crippen molar-refractivity contribution >= 4 is 22.5 Å². The lowest BCUT2D eigenvalue weighted by Crippen LogP contribution is -2.25. The predicted molar refractivity (Wildman–Crippen MR) is 108 cm³/mol. The monoisotopic (exact) mass is 385 g/mol. The molecule has 28 heavy (non-hydrogen) atoms. The summed E-state index contributed by atoms with van der Waals surface area (Å²) >= 11 is 0. The van der Waals surface area contributed by atoms with Crippen LogP contribution in [-0.2, 0) is 6.42 Å². The van der Waals surface area contributed by atoms with Crippen molar-refractivity contribution in [3.63, 3.8) is 0 Å². The van der Waals surface area contributed by atoms with Crippen LogP contribution in [0.1, 0.15) is 27.2 Å². The van der Waals surface area contributed by atoms with Crippen LogP contribution in [0.4, 0.5) is 10.1 Å². The van der Waals surface area contributed by atoms with Crippen molar-refractivity contribution in [1.29, 1.82) is 0 Å². The number of aryl methyl sites for hydroxylation is 2. The van der Waals surface area contributed by atoms with E-state index in [1.165, 1.54) is 13.2 Å². The zero-order valence-corrected chi connectivity index (χ0v) is 16.4. The maximum absolute atomic E-state index is 14.1. The zero-order chi connectivity index (χ0) is 20.4. The molecular formula is C21H24FN3O3. The molecule has 6 nitrogen and oxygen atoms in total. The number of nitrogens with two attached hydrogens (primary N) is 1. The molecule has 0 atom stereocenters. The second-order valence-electron chi connectivity index (χ2n) is 6.63. The summed E-state index contributed by atoms with van der Waals surface area (Å²) in [4.78, 5) is 15.7. The standard InChI is InChI=1S/C21H24FN3O3/c1-11-15(22)10-16(23)20-19(11)14(12(2)25-20)7-8-24-21(26)13-5-6-17(27-3)18(9-13)28-4/h5-6,9-10,25H,7-8,23H2,1-4H3,(H,24,26). The summed E-state index contributed by atoms with van der Waals surface area (Å²) in [6.07, 6.45) is 0.550. The third-order valence-corrected chi connectivity index (χ3v) is 4.93. The van der Waals surface area contributed by atoms with Gasteiger partial charge in [0.15, 0.2) is 11.5 Å². The third-order valence-electron chi connectivity index (χ3n) is 4.93. The van der Waals surface area contributed by atoms with E-state index in [4.69, 9.17) is 15.2 Å². The largest absolute Gasteiger partial charge is 0.493 e. The minimum atomic E-state index is -0.334. The highest BCUT2D eigenvalue weighted by Crippen LogP contribution is 2.32. The number of carbonyl (C=O) groups is 1. The molecule has 0 aliphatic carbocycles. The normalized spacial score (nSPS) is 10.9. The van der Waals surface area contributed by atoms with Gasteiger partial charge in [0.05, 0.1) is 25.4 Å². The number of benzene rings is 2. The molecule has 4 N–H and O–H groups in total. The van der Waals surface area contributed by atoms with E-state index in [2.05, 4.69) is 10.3 Å². The lowest BCUT2D eigenvalue weighted by molar-refractivity contribution is 0.0953. The maximum Gasteiger partial charge on any atom is 0.251 e. The molecule has 148 valence electrons. The van der Waals surface area contributed by atoms with E-state index in [1.54, 1.807) is 32.2 Å². The summed E-state index contributed by atoms with van der Waals surface area (Å²) in [6, 6.07) is 6.32. The van der Waals surface area contributed by atoms with Gasteiger partial charge in [0, 0.05) is 23.2 Å². The van der Waals surface area contributed by atoms with Crippen LogP contribution >= 0.6 is 0 Å². The molecule has 0 fully saturated rings. The number of carbonyl (C=O) groups excluding carboxylic acids is 1. The number of fused-ring (bicyclic) bond motifs is 1. The molecule has 0 aliphatic heterocycles. The fourth-order valence-electron chi connectivity index (χ4n) is 3.42. The summed E-state index contributed by atoms with van der Waals surface area (Å²) in [5.41, 5.74) is 9.95. The number of H-pyrrole nitrogens is 1. The van der Waals surface area contributed by atoms with Gasteiger partial charge in [-0.25, -0.2) is 4.39 Å². The minimum absolute atomic E-state index is 0.221. The molecule has 1 heterocycles. The number of nitrogens with one attached hydrogen (secondary N) is 2. The van der Waals surface area contributed by atoms with Crippen molar-refractivity contribution in [3.8, 4) is 11.5 Å². The first-order valence-corrected chi connectivity index (χ1v) is 8.93. The van der Waals surface area contributed by atoms with Crippen LogP contribution in [0, 0.1) is 19.7 Å². The first-order chi connectivity index (χ1) is 13.4. The van der Waals surface area contributed by atoms with Crippen LogP contribution in [0.5, 0.6) is 11.5 Å². The number of ether oxygens (including phenoxy) is 2. The van der Waals surface area contributed by atoms with Gasteiger partial charge in [-0.1, -0.05) is 0 Å². The maximum atomic E-state index is 14.1. The molecule has 2 aromatic carbocycles. The third kappa shape index (κ3) is 3.47. The highest BCUT2D eigenvalue weighted by molar-refractivity contribution is 5.96. The second kappa shape index (κ2) is 7.80. The van der Waals surface area contributed by atoms with E-state index in [1.807, 2.05) is 6.92 Å². The number of anilines is 1. The van der Waals surface area contributed by atoms with Gasteiger partial charge < -0.3 is 25.5 Å². The molecule has 3 aromatic rings. The molecule has 0 radical (unpaired) electrons. The van der Waals surface area contributed by atoms with Crippen molar-refractivity contribution in [1.82, 2.24) is 10.3 Å². The highest BCUT2D eigenvalue weighted by atomic mass is 19.1. The second-order valence-corrected chi connectivity index (χ2v) is 6.63. The average molecular weight is 385 g/mol. The zero-order valence-electron chi connectivity index (χ0n) is 16.4. The molecule has 0 unspecified atom stereocenters. The fraction of sp³-hybridized carbons (Fsp3) is 0.286. The molecular weight excluding hydrogens is 361 g/mol. The van der Waals surface area contributed by atoms with Gasteiger partial charge >= 0.3 is 0 Å². The Hall–Kier alpha value is -3.22. The van der Waals surface area contributed by atoms with E-state index in [-0.39, 0.29) is 11.7 Å². The molecule has 0 spiro atoms. The Balaban J connectivity index is 1.77. The Morgan fingerprint density at radius 3 is 2.57 bits per heavy atom. The summed E-state index contributed by atoms with van der Waals surface area (Å²) in [7, 11) is 3.06. The molecule has 1 aromatic heterocycles. The van der Waals surface area contributed by atoms with Gasteiger partial charge in [0.2, 0.25) is 0 Å². The molecule has 0 saturated heterocycles. The molecule has 0 saturated carbocycles. The van der Waals surface area contributed by atoms with Gasteiger partial charge in [-0.05, 0) is 55.7 Å². The van der Waals surface area contributed by atoms with E-state index in [0.717, 1.165) is 22.2 Å². The van der Waals surface area contributed by atoms with Crippen molar-refractivity contribution in [2.75, 3.05) is 26.5 Å². The number of methoxy groups -OCH3 is 2. The first-order valence-electron chi connectivity index (χ1n) is 8.93. The van der Waals surface area contributed by atoms with Crippen LogP contribution < -0.4 is 20.5 Å². The van der Waals surface area contributed by atoms with Crippen molar-refractivity contribution in [2.24, 2.45) is 0 Å². The Bertz CT molecular complexity index is 1040. The Morgan fingerprint density at radius 2 is 1.89 bits per heavy atom. The number of halogens is 1. The van der Waals surface area contributed by atoms with Gasteiger partial charge in [-0.3, -0.25) is 4.79 Å². The Morgan fingerprint density at radius 1 is 1.18 bits per heavy atom. The molecule has 0 aliphatic rings. The lowest BCUT2D eigenvalue weighted by Gasteiger charge is -2.10. The Labute approximate surface area is 162 Å². The van der Waals surface area contributed by atoms with Crippen molar-refractivity contribution < 1.29 is 18.7 Å². The summed E-state index contributed by atoms with van der Waals surface area (Å²) in [6.45, 7) is 4.05. The first kappa shape index (κ1) is 19.5. The van der Waals surface area contributed by atoms with Crippen molar-refractivity contribution in [3.05, 3.63) is 52.5 Å². The number of hydrogen-bond donors (Lipinski definition) is 3. The van der Waals surface area contributed by atoms with E-state index < -0.39 is 0 Å². The molecule has 1 amide bonds. The topological polar surface area (TPSA) is 89.4 Å². The van der Waals surface area contributed by atoms with Crippen LogP contribution in [-0.4, -0.2) is 31.7 Å². The minimum Gasteiger partial charge on any atom is -0.493 e. The summed E-state index contributed by atoms with van der Waals surface area (Å²) in [5.74, 6) is 0.494. The van der Waals surface area contributed by atoms with Gasteiger partial charge in [0.1, 0.15) is 5.82 Å². The van der Waals surface area contributed by atoms with Crippen LogP contribution in [0.2, 0.25) is 0 Å². The van der Waals surface area contributed by atoms with Gasteiger partial charge in [0.25, 0.3) is 5.91 Å². The SMILES string of the molecule is COc1ccc(C(=O)NCCc2c(C)[nH]c3c(N)cc(F)c(C)c23)cc1OC. The number of aromatic amines is 1. The number of rotatable bonds is 6. The number of nitrogen functional groups attached to an aromatic ring is 1. The van der Waals surface area contributed by atoms with Gasteiger partial charge in [-0.2, -0.15) is 0 Å². The smallest absolute Gasteiger partial charge is 0.251 e. The van der Waals surface area contributed by atoms with Crippen LogP contribution in [0.15, 0.2) is 24.3 Å². The molecule has 0 bridgehead atoms. The lowest BCUT2D eigenvalue weighted by atomic mass is 10.0. The average Bonchev–Trinajstić information content (AvgIpc) is 3.02. The number of aromatic nitrogens is 1. The summed E-state index contributed by atoms with van der Waals surface area (Å²) in [5, 5.41) is 3.68.